The van der Waals surface area contributed by atoms with Gasteiger partial charge in [-0.3, -0.25) is 0 Å². The summed E-state index contributed by atoms with van der Waals surface area (Å²) in [7, 11) is 0. The summed E-state index contributed by atoms with van der Waals surface area (Å²) in [5, 5.41) is 0. The number of hydrogen-bond donors (Lipinski definition) is 0. The summed E-state index contributed by atoms with van der Waals surface area (Å²) < 4.78 is 0. The van der Waals surface area contributed by atoms with Crippen molar-refractivity contribution in [3.05, 3.63) is 0 Å². The first kappa shape index (κ1) is 16.0. The molecular formula is H3AlMoPdTi. The van der Waals surface area contributed by atoms with E-state index in [0.717, 1.165) is 0 Å². The molecule has 0 heterocycles. The minimum atomic E-state index is 0. The molecule has 0 fully saturated rings. The molecule has 4 heavy (non-hydrogen) atoms. The Morgan fingerprint density at radius 2 is 1.25 bits per heavy atom. The van der Waals surface area contributed by atoms with Crippen LogP contribution in [0.25, 0.3) is 0 Å². The zero-order valence-corrected chi connectivity index (χ0v) is 6.35. The molecule has 0 N–H and O–H groups in total. The van der Waals surface area contributed by atoms with Crippen LogP contribution in [0.1, 0.15) is 0 Å². The van der Waals surface area contributed by atoms with Crippen LogP contribution in [-0.4, -0.2) is 17.4 Å². The molecule has 26 valence electrons. The summed E-state index contributed by atoms with van der Waals surface area (Å²) in [5.74, 6) is 0. The first-order chi connectivity index (χ1) is 1.00. The molecule has 0 bridgehead atoms. The third-order valence-corrected chi connectivity index (χ3v) is 0. The Hall–Kier alpha value is 2.60. The molecule has 0 aromatic carbocycles. The van der Waals surface area contributed by atoms with E-state index in [4.69, 9.17) is 0 Å². The van der Waals surface area contributed by atoms with Gasteiger partial charge in [0.25, 0.3) is 0 Å². The first-order valence-electron chi connectivity index (χ1n) is 0.129. The van der Waals surface area contributed by atoms with Gasteiger partial charge in [0.15, 0.2) is 17.4 Å². The van der Waals surface area contributed by atoms with E-state index in [9.17, 15) is 0 Å². The Balaban J connectivity index is -0.00000000500. The molecule has 0 atom stereocenters. The van der Waals surface area contributed by atoms with Crippen LogP contribution in [0.5, 0.6) is 0 Å². The van der Waals surface area contributed by atoms with E-state index in [1.165, 1.54) is 0 Å². The van der Waals surface area contributed by atoms with Crippen LogP contribution in [0.4, 0.5) is 0 Å². The largest absolute Gasteiger partial charge is 0 e. The van der Waals surface area contributed by atoms with Gasteiger partial charge in [-0.2, -0.15) is 0 Å². The van der Waals surface area contributed by atoms with Gasteiger partial charge in [0, 0.05) is 21.7 Å². The zero-order valence-electron chi connectivity index (χ0n) is 1.22. The maximum atomic E-state index is 2.76. The van der Waals surface area contributed by atoms with E-state index < -0.39 is 0 Å². The summed E-state index contributed by atoms with van der Waals surface area (Å²) in [6.45, 7) is 0. The third kappa shape index (κ3) is 8.82. The molecule has 0 aliphatic rings. The van der Waals surface area contributed by atoms with Crippen LogP contribution in [0.2, 0.25) is 0 Å². The molecule has 0 aliphatic carbocycles. The summed E-state index contributed by atoms with van der Waals surface area (Å²) in [5.41, 5.74) is 0. The van der Waals surface area contributed by atoms with Crippen LogP contribution in [0.15, 0.2) is 0 Å². The Morgan fingerprint density at radius 1 is 1.25 bits per heavy atom. The van der Waals surface area contributed by atoms with E-state index in [1.54, 1.807) is 17.0 Å². The van der Waals surface area contributed by atoms with Crippen molar-refractivity contribution in [3.63, 3.8) is 0 Å². The van der Waals surface area contributed by atoms with Crippen molar-refractivity contribution in [1.29, 1.82) is 0 Å². The van der Waals surface area contributed by atoms with Gasteiger partial charge in [-0.15, -0.1) is 0 Å². The molecule has 0 amide bonds. The van der Waals surface area contributed by atoms with E-state index in [-0.39, 0.29) is 39.1 Å². The van der Waals surface area contributed by atoms with Crippen molar-refractivity contribution in [1.82, 2.24) is 0 Å². The Labute approximate surface area is 71.2 Å². The SMILES string of the molecule is [AlH3].[Mo][Pd].[Ti]. The van der Waals surface area contributed by atoms with Crippen molar-refractivity contribution < 1.29 is 54.9 Å². The molecule has 0 spiro atoms. The summed E-state index contributed by atoms with van der Waals surface area (Å²) in [6, 6.07) is 0. The molecule has 0 unspecified atom stereocenters. The maximum absolute atomic E-state index is 2.76. The molecule has 0 rings (SSSR count). The fraction of sp³-hybridized carbons (Fsp3) is 0. The van der Waals surface area contributed by atoms with Crippen molar-refractivity contribution in [2.45, 2.75) is 0 Å². The van der Waals surface area contributed by atoms with Crippen LogP contribution in [-0.2, 0) is 54.9 Å². The van der Waals surface area contributed by atoms with Gasteiger partial charge in [0.2, 0.25) is 0 Å². The zero-order chi connectivity index (χ0) is 2.00. The Bertz CT molecular complexity index is 8.00. The van der Waals surface area contributed by atoms with Gasteiger partial charge in [-0.05, 0) is 0 Å². The van der Waals surface area contributed by atoms with Crippen molar-refractivity contribution in [3.8, 4) is 0 Å². The van der Waals surface area contributed by atoms with Gasteiger partial charge >= 0.3 is 33.2 Å². The average Bonchev–Trinajstić information content (AvgIpc) is 1.00. The van der Waals surface area contributed by atoms with Gasteiger partial charge in [-0.25, -0.2) is 0 Å². The first-order valence-corrected chi connectivity index (χ1v) is 4.52. The van der Waals surface area contributed by atoms with E-state index >= 15 is 0 Å². The third-order valence-electron chi connectivity index (χ3n) is 0. The molecule has 0 saturated heterocycles. The average molecular weight is 280 g/mol. The summed E-state index contributed by atoms with van der Waals surface area (Å²) in [6.07, 6.45) is 0. The fourth-order valence-electron chi connectivity index (χ4n) is 0. The summed E-state index contributed by atoms with van der Waals surface area (Å²) in [4.78, 5) is 0. The molecule has 0 radical (unpaired) electrons. The summed E-state index contributed by atoms with van der Waals surface area (Å²) >= 11 is 4.56. The molecule has 0 nitrogen and oxygen atoms in total. The fourth-order valence-corrected chi connectivity index (χ4v) is 0. The molecule has 0 aliphatic heterocycles. The van der Waals surface area contributed by atoms with Gasteiger partial charge in [0.05, 0.1) is 0 Å². The minimum Gasteiger partial charge on any atom is 0 e. The standard InChI is InChI=1S/Al.Mo.Pd.Ti.3H. The molecule has 0 saturated carbocycles. The van der Waals surface area contributed by atoms with Crippen LogP contribution in [0.3, 0.4) is 0 Å². The molecule has 0 aromatic rings. The van der Waals surface area contributed by atoms with E-state index in [1.807, 2.05) is 0 Å². The van der Waals surface area contributed by atoms with Gasteiger partial charge < -0.3 is 0 Å². The monoisotopic (exact) mass is 282 g/mol. The van der Waals surface area contributed by atoms with E-state index in [0.29, 0.717) is 0 Å². The van der Waals surface area contributed by atoms with Crippen molar-refractivity contribution in [2.75, 3.05) is 0 Å². The maximum Gasteiger partial charge on any atom is 0 e. The second-order valence-corrected chi connectivity index (χ2v) is 0. The van der Waals surface area contributed by atoms with Crippen LogP contribution >= 0.6 is 0 Å². The van der Waals surface area contributed by atoms with Gasteiger partial charge in [-0.1, -0.05) is 0 Å². The molecule has 0 aromatic heterocycles. The number of hydrogen-bond acceptors (Lipinski definition) is 0. The van der Waals surface area contributed by atoms with Crippen molar-refractivity contribution in [2.24, 2.45) is 0 Å². The Kier molecular flexibility index (Phi) is 70.0. The predicted molar refractivity (Wildman–Crippen MR) is 9.94 cm³/mol. The minimum absolute atomic E-state index is 0. The Morgan fingerprint density at radius 3 is 1.25 bits per heavy atom. The van der Waals surface area contributed by atoms with E-state index in [2.05, 4.69) is 16.3 Å². The normalized spacial score (nSPS) is 1.50. The molecule has 4 heteroatoms. The number of rotatable bonds is 0. The van der Waals surface area contributed by atoms with Crippen molar-refractivity contribution >= 4 is 17.4 Å². The van der Waals surface area contributed by atoms with Gasteiger partial charge in [0.1, 0.15) is 0 Å². The second-order valence-electron chi connectivity index (χ2n) is 0. The van der Waals surface area contributed by atoms with Crippen LogP contribution < -0.4 is 0 Å². The second kappa shape index (κ2) is 17.5. The predicted octanol–water partition coefficient (Wildman–Crippen LogP) is -1.19. The smallest absolute Gasteiger partial charge is 0 e. The molecular weight excluding hydrogens is 277 g/mol. The quantitative estimate of drug-likeness (QED) is 0.490. The topological polar surface area (TPSA) is 0 Å². The van der Waals surface area contributed by atoms with Crippen LogP contribution in [0, 0.1) is 0 Å².